The molecule has 2 atom stereocenters. The third-order valence-corrected chi connectivity index (χ3v) is 2.92. The summed E-state index contributed by atoms with van der Waals surface area (Å²) in [6, 6.07) is 0. The van der Waals surface area contributed by atoms with Crippen LogP contribution in [0.1, 0.15) is 0 Å². The second-order valence-electron chi connectivity index (χ2n) is 0.882. The molecule has 2 unspecified atom stereocenters. The molecule has 8 heavy (non-hydrogen) atoms. The summed E-state index contributed by atoms with van der Waals surface area (Å²) in [5.41, 5.74) is 0. The first kappa shape index (κ1) is 8.26. The van der Waals surface area contributed by atoms with E-state index in [4.69, 9.17) is 9.45 Å². The van der Waals surface area contributed by atoms with Crippen LogP contribution in [0.5, 0.6) is 0 Å². The average Bonchev–Trinajstić information content (AvgIpc) is 1.67. The van der Waals surface area contributed by atoms with Crippen molar-refractivity contribution in [2.45, 2.75) is 0 Å². The molecule has 2 N–H and O–H groups in total. The molecule has 0 amide bonds. The molecular weight excluding hydrogens is 155 g/mol. The summed E-state index contributed by atoms with van der Waals surface area (Å²) in [7, 11) is -1.90. The largest absolute Gasteiger partial charge is 0.441 e. The maximum Gasteiger partial charge on any atom is 0.441 e. The predicted octanol–water partition coefficient (Wildman–Crippen LogP) is -0.0451. The zero-order valence-electron chi connectivity index (χ0n) is 3.97. The molecule has 0 radical (unpaired) electrons. The van der Waals surface area contributed by atoms with Gasteiger partial charge in [-0.2, -0.15) is 0 Å². The van der Waals surface area contributed by atoms with Crippen LogP contribution in [-0.4, -0.2) is 20.8 Å². The van der Waals surface area contributed by atoms with Crippen LogP contribution in [-0.2, 0) is 19.8 Å². The summed E-state index contributed by atoms with van der Waals surface area (Å²) in [6.45, 7) is -4.22. The van der Waals surface area contributed by atoms with Gasteiger partial charge in [0.15, 0.2) is 0 Å². The highest BCUT2D eigenvalue weighted by Crippen LogP contribution is 2.43. The second-order valence-corrected chi connectivity index (χ2v) is 4.97. The van der Waals surface area contributed by atoms with E-state index < -0.39 is 17.5 Å². The zero-order valence-corrected chi connectivity index (χ0v) is 5.69. The van der Waals surface area contributed by atoms with Crippen molar-refractivity contribution < 1.29 is 22.7 Å². The minimum absolute atomic E-state index is 0.884. The van der Waals surface area contributed by atoms with Gasteiger partial charge < -0.3 is 9.42 Å². The molecule has 50 valence electrons. The molecule has 0 heterocycles. The van der Waals surface area contributed by atoms with E-state index >= 15 is 0 Å². The first-order valence-corrected chi connectivity index (χ1v) is 4.79. The summed E-state index contributed by atoms with van der Waals surface area (Å²) < 4.78 is 31.5. The highest BCUT2D eigenvalue weighted by molar-refractivity contribution is 8.42. The van der Waals surface area contributed by atoms with Crippen molar-refractivity contribution in [2.24, 2.45) is 0 Å². The topological polar surface area (TPSA) is 83.8 Å². The van der Waals surface area contributed by atoms with Crippen LogP contribution in [0.25, 0.3) is 0 Å². The van der Waals surface area contributed by atoms with Gasteiger partial charge in [-0.3, -0.25) is 4.55 Å². The Morgan fingerprint density at radius 1 is 1.75 bits per heavy atom. The third kappa shape index (κ3) is 2.02. The number of rotatable bonds is 2. The zero-order chi connectivity index (χ0) is 6.78. The van der Waals surface area contributed by atoms with Gasteiger partial charge in [0.25, 0.3) is 10.7 Å². The molecule has 0 aliphatic carbocycles. The monoisotopic (exact) mass is 160 g/mol. The quantitative estimate of drug-likeness (QED) is 0.437. The van der Waals surface area contributed by atoms with Gasteiger partial charge in [0.2, 0.25) is 0 Å². The van der Waals surface area contributed by atoms with Crippen molar-refractivity contribution in [2.75, 3.05) is 7.11 Å². The van der Waals surface area contributed by atoms with E-state index in [2.05, 4.69) is 4.52 Å². The lowest BCUT2D eigenvalue weighted by molar-refractivity contribution is 0.330. The molecule has 0 aromatic heterocycles. The van der Waals surface area contributed by atoms with Gasteiger partial charge in [0.05, 0.1) is 0 Å². The van der Waals surface area contributed by atoms with Crippen LogP contribution in [0.2, 0.25) is 0 Å². The Morgan fingerprint density at radius 2 is 2.12 bits per heavy atom. The van der Waals surface area contributed by atoms with E-state index in [1.54, 1.807) is 0 Å². The fourth-order valence-electron chi connectivity index (χ4n) is 0.0638. The van der Waals surface area contributed by atoms with Crippen LogP contribution >= 0.6 is 6.80 Å². The predicted molar refractivity (Wildman–Crippen MR) is 27.6 cm³/mol. The standard InChI is InChI=1S/CH5O5PS/c1-6-7(2,3)8(4)5/h1H3,(H,2,3)(H,4,5). The fraction of sp³-hybridized carbons (Fsp3) is 1.00. The maximum absolute atomic E-state index is 10.1. The van der Waals surface area contributed by atoms with Gasteiger partial charge in [-0.25, -0.2) is 8.77 Å². The van der Waals surface area contributed by atoms with Crippen molar-refractivity contribution >= 4 is 17.5 Å². The normalized spacial score (nSPS) is 21.9. The van der Waals surface area contributed by atoms with Crippen LogP contribution in [0.4, 0.5) is 0 Å². The first-order chi connectivity index (χ1) is 3.50. The Bertz CT molecular complexity index is 141. The van der Waals surface area contributed by atoms with Crippen LogP contribution in [0.15, 0.2) is 0 Å². The maximum atomic E-state index is 10.1. The molecule has 0 bridgehead atoms. The first-order valence-electron chi connectivity index (χ1n) is 1.51. The number of hydrogen-bond donors (Lipinski definition) is 2. The Balaban J connectivity index is 4.15. The summed E-state index contributed by atoms with van der Waals surface area (Å²) in [6.07, 6.45) is 0. The second kappa shape index (κ2) is 2.70. The van der Waals surface area contributed by atoms with Gasteiger partial charge in [0.1, 0.15) is 0 Å². The van der Waals surface area contributed by atoms with Crippen LogP contribution in [0.3, 0.4) is 0 Å². The smallest absolute Gasteiger partial charge is 0.313 e. The van der Waals surface area contributed by atoms with E-state index in [0.717, 1.165) is 7.11 Å². The summed E-state index contributed by atoms with van der Waals surface area (Å²) in [4.78, 5) is 8.18. The summed E-state index contributed by atoms with van der Waals surface area (Å²) in [5.74, 6) is 0. The van der Waals surface area contributed by atoms with E-state index in [1.165, 1.54) is 0 Å². The Morgan fingerprint density at radius 3 is 2.12 bits per heavy atom. The minimum atomic E-state index is -4.22. The molecule has 0 aromatic rings. The average molecular weight is 160 g/mol. The lowest BCUT2D eigenvalue weighted by Gasteiger charge is -1.99. The molecule has 0 fully saturated rings. The van der Waals surface area contributed by atoms with Crippen molar-refractivity contribution in [3.05, 3.63) is 0 Å². The van der Waals surface area contributed by atoms with Crippen molar-refractivity contribution in [1.82, 2.24) is 0 Å². The third-order valence-electron chi connectivity index (χ3n) is 0.428. The molecule has 0 rings (SSSR count). The lowest BCUT2D eigenvalue weighted by atomic mass is 11.8. The minimum Gasteiger partial charge on any atom is -0.313 e. The summed E-state index contributed by atoms with van der Waals surface area (Å²) in [5, 5.41) is 0. The van der Waals surface area contributed by atoms with Crippen LogP contribution < -0.4 is 0 Å². The van der Waals surface area contributed by atoms with Gasteiger partial charge in [0, 0.05) is 7.11 Å². The van der Waals surface area contributed by atoms with Crippen molar-refractivity contribution in [1.29, 1.82) is 0 Å². The van der Waals surface area contributed by atoms with E-state index in [-0.39, 0.29) is 0 Å². The Labute approximate surface area is 48.2 Å². The van der Waals surface area contributed by atoms with E-state index in [0.29, 0.717) is 0 Å². The highest BCUT2D eigenvalue weighted by atomic mass is 32.8. The molecule has 0 aliphatic rings. The molecule has 0 aliphatic heterocycles. The van der Waals surface area contributed by atoms with E-state index in [1.807, 2.05) is 0 Å². The van der Waals surface area contributed by atoms with Crippen LogP contribution in [0, 0.1) is 0 Å². The molecular formula is CH5O5PS. The molecule has 5 nitrogen and oxygen atoms in total. The Kier molecular flexibility index (Phi) is 2.79. The fourth-order valence-corrected chi connectivity index (χ4v) is 0.574. The molecule has 0 saturated heterocycles. The van der Waals surface area contributed by atoms with Gasteiger partial charge >= 0.3 is 6.80 Å². The van der Waals surface area contributed by atoms with Crippen molar-refractivity contribution in [3.63, 3.8) is 0 Å². The number of hydrogen-bond acceptors (Lipinski definition) is 3. The lowest BCUT2D eigenvalue weighted by Crippen LogP contribution is -1.90. The summed E-state index contributed by atoms with van der Waals surface area (Å²) >= 11 is 0. The van der Waals surface area contributed by atoms with Gasteiger partial charge in [-0.1, -0.05) is 0 Å². The molecule has 0 saturated carbocycles. The van der Waals surface area contributed by atoms with Gasteiger partial charge in [-0.15, -0.1) is 0 Å². The SMILES string of the molecule is COP(=O)(O)S(=O)O. The molecule has 0 spiro atoms. The van der Waals surface area contributed by atoms with Gasteiger partial charge in [-0.05, 0) is 0 Å². The Hall–Kier alpha value is 0.260. The highest BCUT2D eigenvalue weighted by Gasteiger charge is 2.24. The molecule has 0 aromatic carbocycles. The van der Waals surface area contributed by atoms with Crippen molar-refractivity contribution in [3.8, 4) is 0 Å². The molecule has 7 heteroatoms. The van der Waals surface area contributed by atoms with E-state index in [9.17, 15) is 8.77 Å².